The van der Waals surface area contributed by atoms with Crippen molar-refractivity contribution in [2.24, 2.45) is 0 Å². The molecule has 2 aromatic carbocycles. The van der Waals surface area contributed by atoms with Gasteiger partial charge < -0.3 is 24.0 Å². The first-order chi connectivity index (χ1) is 17.1. The fourth-order valence-corrected chi connectivity index (χ4v) is 4.58. The number of nitrogens with zero attached hydrogens (tertiary/aromatic N) is 2. The third-order valence-corrected chi connectivity index (χ3v) is 6.44. The van der Waals surface area contributed by atoms with Crippen LogP contribution in [0.4, 0.5) is 0 Å². The van der Waals surface area contributed by atoms with Crippen molar-refractivity contribution in [1.82, 2.24) is 9.80 Å². The molecule has 0 aliphatic carbocycles. The summed E-state index contributed by atoms with van der Waals surface area (Å²) < 4.78 is 17.0. The van der Waals surface area contributed by atoms with Crippen molar-refractivity contribution in [2.75, 3.05) is 33.4 Å². The highest BCUT2D eigenvalue weighted by molar-refractivity contribution is 5.94. The van der Waals surface area contributed by atoms with Gasteiger partial charge in [0.05, 0.1) is 13.2 Å². The van der Waals surface area contributed by atoms with Gasteiger partial charge in [0, 0.05) is 44.8 Å². The van der Waals surface area contributed by atoms with Gasteiger partial charge in [0.1, 0.15) is 6.61 Å². The van der Waals surface area contributed by atoms with Gasteiger partial charge in [0.25, 0.3) is 5.91 Å². The van der Waals surface area contributed by atoms with Crippen LogP contribution in [0.3, 0.4) is 0 Å². The molecule has 4 rings (SSSR count). The van der Waals surface area contributed by atoms with Gasteiger partial charge in [-0.15, -0.1) is 0 Å². The van der Waals surface area contributed by atoms with Crippen LogP contribution < -0.4 is 9.47 Å². The van der Waals surface area contributed by atoms with Gasteiger partial charge in [0.2, 0.25) is 5.91 Å². The lowest BCUT2D eigenvalue weighted by molar-refractivity contribution is -0.128. The summed E-state index contributed by atoms with van der Waals surface area (Å²) in [7, 11) is 1.60. The van der Waals surface area contributed by atoms with Crippen molar-refractivity contribution >= 4 is 11.8 Å². The molecule has 0 radical (unpaired) electrons. The van der Waals surface area contributed by atoms with Crippen LogP contribution in [-0.2, 0) is 22.6 Å². The lowest BCUT2D eigenvalue weighted by atomic mass is 10.1. The molecule has 7 nitrogen and oxygen atoms in total. The normalized spacial score (nSPS) is 17.5. The predicted octanol–water partition coefficient (Wildman–Crippen LogP) is 4.20. The van der Waals surface area contributed by atoms with E-state index in [2.05, 4.69) is 6.58 Å². The molecule has 1 atom stereocenters. The molecule has 0 spiro atoms. The summed E-state index contributed by atoms with van der Waals surface area (Å²) in [5, 5.41) is 0. The third-order valence-electron chi connectivity index (χ3n) is 6.44. The highest BCUT2D eigenvalue weighted by Gasteiger charge is 2.25. The standard InChI is InChI=1S/C28H34N2O5/c1-3-15-35-25-13-10-22(17-26(25)33-2)19-30(20-24-6-5-16-34-24)28(32)23-11-8-21(9-12-23)18-29-14-4-7-27(29)31/h3,8-13,17,24H,1,4-7,14-16,18-20H2,2H3. The van der Waals surface area contributed by atoms with E-state index in [4.69, 9.17) is 14.2 Å². The molecule has 2 aliphatic rings. The molecule has 2 amide bonds. The van der Waals surface area contributed by atoms with E-state index in [1.807, 2.05) is 52.3 Å². The maximum Gasteiger partial charge on any atom is 0.254 e. The molecule has 2 saturated heterocycles. The monoisotopic (exact) mass is 478 g/mol. The molecule has 0 bridgehead atoms. The highest BCUT2D eigenvalue weighted by atomic mass is 16.5. The number of amides is 2. The Kier molecular flexibility index (Phi) is 8.42. The third kappa shape index (κ3) is 6.42. The number of carbonyl (C=O) groups excluding carboxylic acids is 2. The second-order valence-electron chi connectivity index (χ2n) is 9.02. The Morgan fingerprint density at radius 3 is 2.63 bits per heavy atom. The zero-order valence-electron chi connectivity index (χ0n) is 20.4. The maximum absolute atomic E-state index is 13.5. The number of benzene rings is 2. The molecule has 0 N–H and O–H groups in total. The molecule has 2 heterocycles. The van der Waals surface area contributed by atoms with E-state index < -0.39 is 0 Å². The first-order valence-electron chi connectivity index (χ1n) is 12.3. The van der Waals surface area contributed by atoms with Crippen molar-refractivity contribution in [1.29, 1.82) is 0 Å². The highest BCUT2D eigenvalue weighted by Crippen LogP contribution is 2.29. The van der Waals surface area contributed by atoms with E-state index in [1.165, 1.54) is 0 Å². The van der Waals surface area contributed by atoms with E-state index in [9.17, 15) is 9.59 Å². The zero-order valence-corrected chi connectivity index (χ0v) is 20.4. The quantitative estimate of drug-likeness (QED) is 0.453. The summed E-state index contributed by atoms with van der Waals surface area (Å²) in [5.41, 5.74) is 2.60. The van der Waals surface area contributed by atoms with E-state index >= 15 is 0 Å². The summed E-state index contributed by atoms with van der Waals surface area (Å²) >= 11 is 0. The smallest absolute Gasteiger partial charge is 0.254 e. The van der Waals surface area contributed by atoms with Crippen molar-refractivity contribution in [2.45, 2.75) is 44.9 Å². The molecule has 2 fully saturated rings. The van der Waals surface area contributed by atoms with Crippen LogP contribution in [0.5, 0.6) is 11.5 Å². The molecule has 2 aromatic rings. The van der Waals surface area contributed by atoms with Crippen LogP contribution in [0, 0.1) is 0 Å². The Balaban J connectivity index is 1.49. The summed E-state index contributed by atoms with van der Waals surface area (Å²) in [6.07, 6.45) is 5.23. The van der Waals surface area contributed by atoms with Gasteiger partial charge in [-0.25, -0.2) is 0 Å². The average molecular weight is 479 g/mol. The van der Waals surface area contributed by atoms with Crippen LogP contribution >= 0.6 is 0 Å². The summed E-state index contributed by atoms with van der Waals surface area (Å²) in [6, 6.07) is 13.3. The topological polar surface area (TPSA) is 68.3 Å². The first-order valence-corrected chi connectivity index (χ1v) is 12.3. The van der Waals surface area contributed by atoms with Gasteiger partial charge in [-0.2, -0.15) is 0 Å². The van der Waals surface area contributed by atoms with Crippen LogP contribution in [0.2, 0.25) is 0 Å². The molecule has 7 heteroatoms. The minimum absolute atomic E-state index is 0.0384. The molecular weight excluding hydrogens is 444 g/mol. The molecule has 0 saturated carbocycles. The zero-order chi connectivity index (χ0) is 24.6. The summed E-state index contributed by atoms with van der Waals surface area (Å²) in [5.74, 6) is 1.41. The van der Waals surface area contributed by atoms with Crippen molar-refractivity contribution < 1.29 is 23.8 Å². The Morgan fingerprint density at radius 1 is 1.17 bits per heavy atom. The summed E-state index contributed by atoms with van der Waals surface area (Å²) in [6.45, 7) is 7.16. The van der Waals surface area contributed by atoms with Gasteiger partial charge in [-0.1, -0.05) is 30.9 Å². The van der Waals surface area contributed by atoms with Gasteiger partial charge >= 0.3 is 0 Å². The molecule has 1 unspecified atom stereocenters. The van der Waals surface area contributed by atoms with Crippen molar-refractivity contribution in [3.63, 3.8) is 0 Å². The second kappa shape index (κ2) is 11.9. The van der Waals surface area contributed by atoms with Crippen LogP contribution in [0.25, 0.3) is 0 Å². The summed E-state index contributed by atoms with van der Waals surface area (Å²) in [4.78, 5) is 29.2. The maximum atomic E-state index is 13.5. The molecule has 2 aliphatic heterocycles. The Hall–Kier alpha value is -3.32. The van der Waals surface area contributed by atoms with Gasteiger partial charge in [0.15, 0.2) is 11.5 Å². The molecular formula is C28H34N2O5. The Labute approximate surface area is 207 Å². The minimum Gasteiger partial charge on any atom is -0.493 e. The number of likely N-dealkylation sites (tertiary alicyclic amines) is 1. The number of rotatable bonds is 11. The van der Waals surface area contributed by atoms with E-state index in [1.54, 1.807) is 13.2 Å². The van der Waals surface area contributed by atoms with Crippen LogP contribution in [0.1, 0.15) is 47.2 Å². The van der Waals surface area contributed by atoms with Crippen LogP contribution in [-0.4, -0.2) is 61.1 Å². The fourth-order valence-electron chi connectivity index (χ4n) is 4.58. The molecule has 0 aromatic heterocycles. The van der Waals surface area contributed by atoms with E-state index in [-0.39, 0.29) is 17.9 Å². The lowest BCUT2D eigenvalue weighted by Crippen LogP contribution is -2.37. The predicted molar refractivity (Wildman–Crippen MR) is 133 cm³/mol. The average Bonchev–Trinajstić information content (AvgIpc) is 3.54. The Morgan fingerprint density at radius 2 is 1.97 bits per heavy atom. The number of ether oxygens (including phenoxy) is 3. The van der Waals surface area contributed by atoms with Crippen LogP contribution in [0.15, 0.2) is 55.1 Å². The minimum atomic E-state index is -0.0461. The van der Waals surface area contributed by atoms with Crippen molar-refractivity contribution in [3.05, 3.63) is 71.8 Å². The first kappa shape index (κ1) is 24.8. The fraction of sp³-hybridized carbons (Fsp3) is 0.429. The van der Waals surface area contributed by atoms with E-state index in [0.29, 0.717) is 49.7 Å². The molecule has 35 heavy (non-hydrogen) atoms. The number of carbonyl (C=O) groups is 2. The SMILES string of the molecule is C=CCOc1ccc(CN(CC2CCCO2)C(=O)c2ccc(CN3CCCC3=O)cc2)cc1OC. The Bertz CT molecular complexity index is 1030. The lowest BCUT2D eigenvalue weighted by Gasteiger charge is -2.26. The number of hydrogen-bond acceptors (Lipinski definition) is 5. The van der Waals surface area contributed by atoms with Gasteiger partial charge in [-0.05, 0) is 54.7 Å². The largest absolute Gasteiger partial charge is 0.493 e. The second-order valence-corrected chi connectivity index (χ2v) is 9.02. The number of methoxy groups -OCH3 is 1. The number of hydrogen-bond donors (Lipinski definition) is 0. The van der Waals surface area contributed by atoms with Crippen molar-refractivity contribution in [3.8, 4) is 11.5 Å². The molecule has 186 valence electrons. The van der Waals surface area contributed by atoms with E-state index in [0.717, 1.165) is 43.5 Å². The van der Waals surface area contributed by atoms with Gasteiger partial charge in [-0.3, -0.25) is 9.59 Å².